The molecule has 1 saturated heterocycles. The summed E-state index contributed by atoms with van der Waals surface area (Å²) in [4.78, 5) is 29.4. The van der Waals surface area contributed by atoms with Gasteiger partial charge in [-0.2, -0.15) is 0 Å². The van der Waals surface area contributed by atoms with E-state index < -0.39 is 0 Å². The topological polar surface area (TPSA) is 40.6 Å². The Kier molecular flexibility index (Phi) is 4.23. The molecule has 2 aliphatic heterocycles. The summed E-state index contributed by atoms with van der Waals surface area (Å²) in [7, 11) is 0. The van der Waals surface area contributed by atoms with E-state index in [1.807, 2.05) is 42.2 Å². The van der Waals surface area contributed by atoms with Crippen LogP contribution in [0.1, 0.15) is 24.5 Å². The van der Waals surface area contributed by atoms with E-state index in [0.717, 1.165) is 23.4 Å². The van der Waals surface area contributed by atoms with Crippen molar-refractivity contribution in [3.8, 4) is 0 Å². The zero-order chi connectivity index (χ0) is 18.4. The number of hydrogen-bond donors (Lipinski definition) is 0. The average molecular weight is 369 g/mol. The maximum absolute atomic E-state index is 13.2. The van der Waals surface area contributed by atoms with E-state index in [2.05, 4.69) is 13.0 Å². The van der Waals surface area contributed by atoms with Crippen LogP contribution in [-0.2, 0) is 16.0 Å². The molecule has 4 nitrogen and oxygen atoms in total. The minimum atomic E-state index is -0.314. The summed E-state index contributed by atoms with van der Waals surface area (Å²) in [6.07, 6.45) is 1.12. The van der Waals surface area contributed by atoms with E-state index in [1.165, 1.54) is 5.56 Å². The summed E-state index contributed by atoms with van der Waals surface area (Å²) < 4.78 is 0. The minimum absolute atomic E-state index is 0.00564. The van der Waals surface area contributed by atoms with Crippen LogP contribution in [0.3, 0.4) is 0 Å². The van der Waals surface area contributed by atoms with Crippen LogP contribution in [0, 0.1) is 12.8 Å². The molecule has 2 amide bonds. The molecule has 0 radical (unpaired) electrons. The number of para-hydroxylation sites is 1. The summed E-state index contributed by atoms with van der Waals surface area (Å²) in [6, 6.07) is 13.6. The Morgan fingerprint density at radius 3 is 2.65 bits per heavy atom. The number of fused-ring (bicyclic) bond motifs is 1. The standard InChI is InChI=1S/C21H21ClN2O2/c1-13-9-17(22)7-8-18(13)23-12-16(11-20(23)25)21(26)24-14(2)10-15-5-3-4-6-19(15)24/h3-9,14,16H,10-12H2,1-2H3. The number of carbonyl (C=O) groups is 2. The van der Waals surface area contributed by atoms with Gasteiger partial charge in [0.15, 0.2) is 0 Å². The number of rotatable bonds is 2. The molecular weight excluding hydrogens is 348 g/mol. The van der Waals surface area contributed by atoms with Gasteiger partial charge in [0.2, 0.25) is 11.8 Å². The molecule has 2 atom stereocenters. The zero-order valence-electron chi connectivity index (χ0n) is 14.9. The lowest BCUT2D eigenvalue weighted by molar-refractivity contribution is -0.124. The van der Waals surface area contributed by atoms with E-state index in [4.69, 9.17) is 11.6 Å². The maximum atomic E-state index is 13.2. The highest BCUT2D eigenvalue weighted by molar-refractivity contribution is 6.30. The van der Waals surface area contributed by atoms with Crippen LogP contribution in [0.5, 0.6) is 0 Å². The van der Waals surface area contributed by atoms with E-state index in [9.17, 15) is 9.59 Å². The van der Waals surface area contributed by atoms with Gasteiger partial charge in [0.25, 0.3) is 0 Å². The summed E-state index contributed by atoms with van der Waals surface area (Å²) >= 11 is 6.02. The lowest BCUT2D eigenvalue weighted by atomic mass is 10.1. The molecule has 2 aromatic carbocycles. The quantitative estimate of drug-likeness (QED) is 0.804. The van der Waals surface area contributed by atoms with E-state index in [-0.39, 0.29) is 30.2 Å². The smallest absolute Gasteiger partial charge is 0.232 e. The maximum Gasteiger partial charge on any atom is 0.232 e. The van der Waals surface area contributed by atoms with Crippen molar-refractivity contribution in [3.05, 3.63) is 58.6 Å². The van der Waals surface area contributed by atoms with Crippen molar-refractivity contribution in [1.82, 2.24) is 0 Å². The molecule has 1 fully saturated rings. The van der Waals surface area contributed by atoms with E-state index in [1.54, 1.807) is 11.0 Å². The molecule has 0 saturated carbocycles. The molecule has 0 aliphatic carbocycles. The molecule has 2 aromatic rings. The fourth-order valence-electron chi connectivity index (χ4n) is 4.13. The van der Waals surface area contributed by atoms with Crippen molar-refractivity contribution in [2.75, 3.05) is 16.3 Å². The van der Waals surface area contributed by atoms with Gasteiger partial charge in [0.1, 0.15) is 0 Å². The van der Waals surface area contributed by atoms with Crippen LogP contribution in [0.25, 0.3) is 0 Å². The van der Waals surface area contributed by atoms with Crippen LogP contribution in [0.4, 0.5) is 11.4 Å². The Bertz CT molecular complexity index is 895. The van der Waals surface area contributed by atoms with Crippen molar-refractivity contribution in [2.24, 2.45) is 5.92 Å². The third kappa shape index (κ3) is 2.78. The van der Waals surface area contributed by atoms with Gasteiger partial charge in [0, 0.05) is 35.4 Å². The third-order valence-corrected chi connectivity index (χ3v) is 5.60. The van der Waals surface area contributed by atoms with Gasteiger partial charge in [-0.05, 0) is 55.7 Å². The Labute approximate surface area is 158 Å². The molecule has 0 bridgehead atoms. The van der Waals surface area contributed by atoms with Crippen molar-refractivity contribution in [3.63, 3.8) is 0 Å². The summed E-state index contributed by atoms with van der Waals surface area (Å²) in [5.41, 5.74) is 3.96. The number of halogens is 1. The van der Waals surface area contributed by atoms with Gasteiger partial charge >= 0.3 is 0 Å². The first-order chi connectivity index (χ1) is 12.5. The number of hydrogen-bond acceptors (Lipinski definition) is 2. The Morgan fingerprint density at radius 1 is 1.12 bits per heavy atom. The lowest BCUT2D eigenvalue weighted by Crippen LogP contribution is -2.41. The molecule has 0 spiro atoms. The lowest BCUT2D eigenvalue weighted by Gasteiger charge is -2.26. The van der Waals surface area contributed by atoms with Gasteiger partial charge in [0.05, 0.1) is 5.92 Å². The predicted molar refractivity (Wildman–Crippen MR) is 104 cm³/mol. The summed E-state index contributed by atoms with van der Waals surface area (Å²) in [5.74, 6) is -0.273. The molecule has 0 aromatic heterocycles. The van der Waals surface area contributed by atoms with Crippen LogP contribution in [0.2, 0.25) is 5.02 Å². The monoisotopic (exact) mass is 368 g/mol. The second-order valence-electron chi connectivity index (χ2n) is 7.23. The highest BCUT2D eigenvalue weighted by atomic mass is 35.5. The van der Waals surface area contributed by atoms with Crippen LogP contribution in [0.15, 0.2) is 42.5 Å². The molecule has 5 heteroatoms. The fourth-order valence-corrected chi connectivity index (χ4v) is 4.35. The Hall–Kier alpha value is -2.33. The first kappa shape index (κ1) is 17.1. The van der Waals surface area contributed by atoms with Gasteiger partial charge in [-0.15, -0.1) is 0 Å². The van der Waals surface area contributed by atoms with Gasteiger partial charge in [-0.1, -0.05) is 29.8 Å². The molecule has 2 heterocycles. The fraction of sp³-hybridized carbons (Fsp3) is 0.333. The normalized spacial score (nSPS) is 22.0. The van der Waals surface area contributed by atoms with Gasteiger partial charge in [-0.3, -0.25) is 9.59 Å². The van der Waals surface area contributed by atoms with Gasteiger partial charge in [-0.25, -0.2) is 0 Å². The first-order valence-electron chi connectivity index (χ1n) is 8.93. The van der Waals surface area contributed by atoms with Crippen molar-refractivity contribution in [1.29, 1.82) is 0 Å². The predicted octanol–water partition coefficient (Wildman–Crippen LogP) is 3.98. The Balaban J connectivity index is 1.58. The van der Waals surface area contributed by atoms with Crippen LogP contribution < -0.4 is 9.80 Å². The molecule has 26 heavy (non-hydrogen) atoms. The number of nitrogens with zero attached hydrogens (tertiary/aromatic N) is 2. The molecule has 134 valence electrons. The van der Waals surface area contributed by atoms with Crippen molar-refractivity contribution < 1.29 is 9.59 Å². The zero-order valence-corrected chi connectivity index (χ0v) is 15.7. The van der Waals surface area contributed by atoms with E-state index in [0.29, 0.717) is 11.6 Å². The van der Waals surface area contributed by atoms with Gasteiger partial charge < -0.3 is 9.80 Å². The number of aryl methyl sites for hydroxylation is 1. The number of amides is 2. The molecule has 4 rings (SSSR count). The second-order valence-corrected chi connectivity index (χ2v) is 7.66. The van der Waals surface area contributed by atoms with Crippen LogP contribution in [-0.4, -0.2) is 24.4 Å². The van der Waals surface area contributed by atoms with Crippen LogP contribution >= 0.6 is 11.6 Å². The average Bonchev–Trinajstić information content (AvgIpc) is 3.14. The van der Waals surface area contributed by atoms with Crippen molar-refractivity contribution in [2.45, 2.75) is 32.7 Å². The Morgan fingerprint density at radius 2 is 1.88 bits per heavy atom. The SMILES string of the molecule is Cc1cc(Cl)ccc1N1CC(C(=O)N2c3ccccc3CC2C)CC1=O. The number of anilines is 2. The first-order valence-corrected chi connectivity index (χ1v) is 9.31. The third-order valence-electron chi connectivity index (χ3n) is 5.37. The largest absolute Gasteiger partial charge is 0.311 e. The van der Waals surface area contributed by atoms with Crippen molar-refractivity contribution >= 4 is 34.8 Å². The molecular formula is C21H21ClN2O2. The second kappa shape index (κ2) is 6.44. The summed E-state index contributed by atoms with van der Waals surface area (Å²) in [5, 5.41) is 0.646. The highest BCUT2D eigenvalue weighted by Gasteiger charge is 2.41. The molecule has 2 aliphatic rings. The highest BCUT2D eigenvalue weighted by Crippen LogP contribution is 2.36. The minimum Gasteiger partial charge on any atom is -0.311 e. The molecule has 0 N–H and O–H groups in total. The van der Waals surface area contributed by atoms with E-state index >= 15 is 0 Å². The number of carbonyl (C=O) groups excluding carboxylic acids is 2. The summed E-state index contributed by atoms with van der Waals surface area (Å²) in [6.45, 7) is 4.42. The molecule has 2 unspecified atom stereocenters. The number of benzene rings is 2.